The molecule has 4 aromatic rings. The number of amides is 1. The Bertz CT molecular complexity index is 1130. The van der Waals surface area contributed by atoms with Gasteiger partial charge in [0, 0.05) is 11.6 Å². The second-order valence-corrected chi connectivity index (χ2v) is 7.37. The van der Waals surface area contributed by atoms with E-state index in [2.05, 4.69) is 17.4 Å². The summed E-state index contributed by atoms with van der Waals surface area (Å²) < 4.78 is 1.75. The van der Waals surface area contributed by atoms with Gasteiger partial charge in [-0.05, 0) is 54.3 Å². The van der Waals surface area contributed by atoms with Gasteiger partial charge in [0.05, 0.1) is 11.4 Å². The lowest BCUT2D eigenvalue weighted by atomic mass is 10.1. The third-order valence-electron chi connectivity index (χ3n) is 5.21. The van der Waals surface area contributed by atoms with Gasteiger partial charge in [0.1, 0.15) is 5.69 Å². The highest BCUT2D eigenvalue weighted by Crippen LogP contribution is 2.39. The van der Waals surface area contributed by atoms with E-state index < -0.39 is 0 Å². The number of anilines is 1. The Hall–Kier alpha value is -3.66. The number of nitrogens with zero attached hydrogens (tertiary/aromatic N) is 2. The molecular formula is C25H21N3O. The average Bonchev–Trinajstić information content (AvgIpc) is 3.53. The first-order valence-corrected chi connectivity index (χ1v) is 9.90. The second-order valence-electron chi connectivity index (χ2n) is 7.37. The number of rotatable bonds is 5. The zero-order valence-electron chi connectivity index (χ0n) is 16.0. The Labute approximate surface area is 169 Å². The highest BCUT2D eigenvalue weighted by Gasteiger charge is 2.29. The zero-order chi connectivity index (χ0) is 19.6. The van der Waals surface area contributed by atoms with E-state index in [0.717, 1.165) is 41.0 Å². The maximum absolute atomic E-state index is 13.0. The van der Waals surface area contributed by atoms with Crippen molar-refractivity contribution in [2.75, 3.05) is 5.32 Å². The van der Waals surface area contributed by atoms with Crippen molar-refractivity contribution in [3.05, 3.63) is 102 Å². The molecule has 5 rings (SSSR count). The summed E-state index contributed by atoms with van der Waals surface area (Å²) in [5, 5.41) is 7.73. The summed E-state index contributed by atoms with van der Waals surface area (Å²) >= 11 is 0. The molecule has 0 spiro atoms. The van der Waals surface area contributed by atoms with Crippen molar-refractivity contribution < 1.29 is 4.79 Å². The molecule has 0 saturated heterocycles. The van der Waals surface area contributed by atoms with Crippen LogP contribution in [0.25, 0.3) is 16.8 Å². The second kappa shape index (κ2) is 7.40. The van der Waals surface area contributed by atoms with Crippen LogP contribution < -0.4 is 5.32 Å². The molecule has 1 heterocycles. The Morgan fingerprint density at radius 3 is 2.10 bits per heavy atom. The van der Waals surface area contributed by atoms with Crippen molar-refractivity contribution in [1.82, 2.24) is 9.78 Å². The SMILES string of the molecule is O=C(Nc1ccc(-c2ccccc2)cc1)c1cc(C2CC2)nn1-c1ccccc1. The minimum absolute atomic E-state index is 0.152. The van der Waals surface area contributed by atoms with Crippen LogP contribution in [-0.2, 0) is 0 Å². The number of benzene rings is 3. The lowest BCUT2D eigenvalue weighted by Crippen LogP contribution is -2.16. The quantitative estimate of drug-likeness (QED) is 0.486. The molecule has 1 aromatic heterocycles. The minimum Gasteiger partial charge on any atom is -0.321 e. The molecule has 0 aliphatic heterocycles. The van der Waals surface area contributed by atoms with Gasteiger partial charge in [0.25, 0.3) is 5.91 Å². The Balaban J connectivity index is 1.41. The van der Waals surface area contributed by atoms with Crippen LogP contribution in [0, 0.1) is 0 Å². The average molecular weight is 379 g/mol. The van der Waals surface area contributed by atoms with Crippen molar-refractivity contribution in [1.29, 1.82) is 0 Å². The first-order valence-electron chi connectivity index (χ1n) is 9.90. The normalized spacial score (nSPS) is 13.2. The highest BCUT2D eigenvalue weighted by molar-refractivity contribution is 6.03. The van der Waals surface area contributed by atoms with E-state index in [1.807, 2.05) is 78.9 Å². The van der Waals surface area contributed by atoms with E-state index in [0.29, 0.717) is 11.6 Å². The van der Waals surface area contributed by atoms with Crippen LogP contribution in [0.3, 0.4) is 0 Å². The van der Waals surface area contributed by atoms with Crippen LogP contribution in [-0.4, -0.2) is 15.7 Å². The van der Waals surface area contributed by atoms with Crippen LogP contribution in [0.5, 0.6) is 0 Å². The summed E-state index contributed by atoms with van der Waals surface area (Å²) in [4.78, 5) is 13.0. The van der Waals surface area contributed by atoms with Gasteiger partial charge in [-0.3, -0.25) is 4.79 Å². The molecule has 1 aliphatic carbocycles. The van der Waals surface area contributed by atoms with Crippen molar-refractivity contribution in [3.8, 4) is 16.8 Å². The molecule has 1 amide bonds. The molecule has 4 heteroatoms. The molecule has 3 aromatic carbocycles. The molecule has 0 unspecified atom stereocenters. The van der Waals surface area contributed by atoms with Gasteiger partial charge < -0.3 is 5.32 Å². The van der Waals surface area contributed by atoms with E-state index >= 15 is 0 Å². The fourth-order valence-electron chi connectivity index (χ4n) is 3.48. The summed E-state index contributed by atoms with van der Waals surface area (Å²) in [5.74, 6) is 0.331. The molecule has 1 fully saturated rings. The minimum atomic E-state index is -0.152. The molecule has 1 saturated carbocycles. The Morgan fingerprint density at radius 2 is 1.45 bits per heavy atom. The van der Waals surface area contributed by atoms with Crippen molar-refractivity contribution in [3.63, 3.8) is 0 Å². The predicted octanol–water partition coefficient (Wildman–Crippen LogP) is 5.67. The van der Waals surface area contributed by atoms with E-state index in [4.69, 9.17) is 5.10 Å². The lowest BCUT2D eigenvalue weighted by molar-refractivity contribution is 0.101. The lowest BCUT2D eigenvalue weighted by Gasteiger charge is -2.09. The molecule has 0 radical (unpaired) electrons. The topological polar surface area (TPSA) is 46.9 Å². The smallest absolute Gasteiger partial charge is 0.274 e. The first-order chi connectivity index (χ1) is 14.3. The number of para-hydroxylation sites is 1. The summed E-state index contributed by atoms with van der Waals surface area (Å²) in [6.07, 6.45) is 2.29. The Kier molecular flexibility index (Phi) is 4.45. The number of hydrogen-bond acceptors (Lipinski definition) is 2. The van der Waals surface area contributed by atoms with Crippen LogP contribution in [0.1, 0.15) is 34.9 Å². The van der Waals surface area contributed by atoms with Crippen LogP contribution >= 0.6 is 0 Å². The van der Waals surface area contributed by atoms with Gasteiger partial charge in [-0.15, -0.1) is 0 Å². The van der Waals surface area contributed by atoms with Crippen LogP contribution in [0.2, 0.25) is 0 Å². The van der Waals surface area contributed by atoms with Gasteiger partial charge in [0.15, 0.2) is 0 Å². The highest BCUT2D eigenvalue weighted by atomic mass is 16.2. The fraction of sp³-hybridized carbons (Fsp3) is 0.120. The molecule has 0 atom stereocenters. The van der Waals surface area contributed by atoms with E-state index in [9.17, 15) is 4.79 Å². The van der Waals surface area contributed by atoms with Crippen LogP contribution in [0.15, 0.2) is 91.0 Å². The standard InChI is InChI=1S/C25H21N3O/c29-25(26-21-15-13-19(14-16-21)18-7-3-1-4-8-18)24-17-23(20-11-12-20)27-28(24)22-9-5-2-6-10-22/h1-10,13-17,20H,11-12H2,(H,26,29). The first kappa shape index (κ1) is 17.4. The number of nitrogens with one attached hydrogen (secondary N) is 1. The number of aromatic nitrogens is 2. The van der Waals surface area contributed by atoms with E-state index in [1.165, 1.54) is 0 Å². The summed E-state index contributed by atoms with van der Waals surface area (Å²) in [6, 6.07) is 29.8. The van der Waals surface area contributed by atoms with E-state index in [1.54, 1.807) is 4.68 Å². The molecule has 1 N–H and O–H groups in total. The van der Waals surface area contributed by atoms with Gasteiger partial charge in [-0.2, -0.15) is 5.10 Å². The number of hydrogen-bond donors (Lipinski definition) is 1. The molecule has 142 valence electrons. The summed E-state index contributed by atoms with van der Waals surface area (Å²) in [5.41, 5.74) is 5.49. The maximum atomic E-state index is 13.0. The molecule has 29 heavy (non-hydrogen) atoms. The molecular weight excluding hydrogens is 358 g/mol. The van der Waals surface area contributed by atoms with Crippen LogP contribution in [0.4, 0.5) is 5.69 Å². The molecule has 1 aliphatic rings. The van der Waals surface area contributed by atoms with E-state index in [-0.39, 0.29) is 5.91 Å². The van der Waals surface area contributed by atoms with Crippen molar-refractivity contribution in [2.24, 2.45) is 0 Å². The third kappa shape index (κ3) is 3.69. The molecule has 0 bridgehead atoms. The summed E-state index contributed by atoms with van der Waals surface area (Å²) in [6.45, 7) is 0. The number of carbonyl (C=O) groups excluding carboxylic acids is 1. The number of carbonyl (C=O) groups is 1. The third-order valence-corrected chi connectivity index (χ3v) is 5.21. The van der Waals surface area contributed by atoms with Crippen molar-refractivity contribution >= 4 is 11.6 Å². The monoisotopic (exact) mass is 379 g/mol. The zero-order valence-corrected chi connectivity index (χ0v) is 16.0. The largest absolute Gasteiger partial charge is 0.321 e. The maximum Gasteiger partial charge on any atom is 0.274 e. The van der Waals surface area contributed by atoms with Gasteiger partial charge in [-0.1, -0.05) is 60.7 Å². The van der Waals surface area contributed by atoms with Crippen molar-refractivity contribution in [2.45, 2.75) is 18.8 Å². The molecule has 4 nitrogen and oxygen atoms in total. The van der Waals surface area contributed by atoms with Gasteiger partial charge >= 0.3 is 0 Å². The fourth-order valence-corrected chi connectivity index (χ4v) is 3.48. The predicted molar refractivity (Wildman–Crippen MR) is 115 cm³/mol. The Morgan fingerprint density at radius 1 is 0.828 bits per heavy atom. The van der Waals surface area contributed by atoms with Gasteiger partial charge in [-0.25, -0.2) is 4.68 Å². The summed E-state index contributed by atoms with van der Waals surface area (Å²) in [7, 11) is 0. The van der Waals surface area contributed by atoms with Gasteiger partial charge in [0.2, 0.25) is 0 Å².